The molecule has 0 spiro atoms. The minimum absolute atomic E-state index is 0.0708. The lowest BCUT2D eigenvalue weighted by Gasteiger charge is -2.40. The number of carbonyl (C=O) groups is 1. The number of urea groups is 1. The normalized spacial score (nSPS) is 18.5. The number of amides is 2. The van der Waals surface area contributed by atoms with Crippen LogP contribution >= 0.6 is 11.3 Å². The van der Waals surface area contributed by atoms with E-state index >= 15 is 0 Å². The van der Waals surface area contributed by atoms with Gasteiger partial charge in [-0.25, -0.2) is 9.78 Å². The lowest BCUT2D eigenvalue weighted by molar-refractivity contribution is -0.0674. The molecule has 0 unspecified atom stereocenters. The van der Waals surface area contributed by atoms with E-state index in [1.807, 2.05) is 19.2 Å². The Morgan fingerprint density at radius 3 is 2.84 bits per heavy atom. The van der Waals surface area contributed by atoms with Gasteiger partial charge in [0, 0.05) is 24.7 Å². The highest BCUT2D eigenvalue weighted by atomic mass is 32.1. The topological polar surface area (TPSA) is 63.2 Å². The van der Waals surface area contributed by atoms with E-state index in [2.05, 4.69) is 15.6 Å². The van der Waals surface area contributed by atoms with Crippen LogP contribution in [0.5, 0.6) is 0 Å². The summed E-state index contributed by atoms with van der Waals surface area (Å²) < 4.78 is 5.46. The van der Waals surface area contributed by atoms with Gasteiger partial charge in [0.2, 0.25) is 0 Å². The summed E-state index contributed by atoms with van der Waals surface area (Å²) in [7, 11) is 1.71. The van der Waals surface area contributed by atoms with Gasteiger partial charge >= 0.3 is 6.03 Å². The van der Waals surface area contributed by atoms with Crippen molar-refractivity contribution >= 4 is 17.4 Å². The zero-order valence-electron chi connectivity index (χ0n) is 11.7. The zero-order valence-corrected chi connectivity index (χ0v) is 12.5. The van der Waals surface area contributed by atoms with Crippen LogP contribution in [0.4, 0.5) is 4.79 Å². The van der Waals surface area contributed by atoms with Crippen LogP contribution in [-0.2, 0) is 4.74 Å². The smallest absolute Gasteiger partial charge is 0.315 e. The van der Waals surface area contributed by atoms with Crippen molar-refractivity contribution in [2.45, 2.75) is 44.8 Å². The van der Waals surface area contributed by atoms with Crippen molar-refractivity contribution in [2.75, 3.05) is 13.7 Å². The summed E-state index contributed by atoms with van der Waals surface area (Å²) in [5.41, 5.74) is 0.847. The Morgan fingerprint density at radius 1 is 1.63 bits per heavy atom. The van der Waals surface area contributed by atoms with E-state index < -0.39 is 0 Å². The third-order valence-electron chi connectivity index (χ3n) is 3.62. The Hall–Kier alpha value is -1.14. The maximum Gasteiger partial charge on any atom is 0.315 e. The molecule has 0 bridgehead atoms. The molecule has 1 aliphatic rings. The number of hydrogen-bond acceptors (Lipinski definition) is 4. The molecular formula is C13H21N3O2S. The van der Waals surface area contributed by atoms with Crippen LogP contribution in [0.25, 0.3) is 0 Å². The Bertz CT molecular complexity index is 437. The van der Waals surface area contributed by atoms with Crippen LogP contribution < -0.4 is 10.6 Å². The van der Waals surface area contributed by atoms with Crippen LogP contribution in [0.2, 0.25) is 0 Å². The molecule has 1 aromatic rings. The van der Waals surface area contributed by atoms with Gasteiger partial charge in [-0.3, -0.25) is 0 Å². The van der Waals surface area contributed by atoms with Gasteiger partial charge in [0.05, 0.1) is 11.6 Å². The first-order chi connectivity index (χ1) is 9.04. The van der Waals surface area contributed by atoms with Crippen molar-refractivity contribution in [3.05, 3.63) is 16.1 Å². The molecule has 19 heavy (non-hydrogen) atoms. The molecule has 0 radical (unpaired) electrons. The summed E-state index contributed by atoms with van der Waals surface area (Å²) in [6.07, 6.45) is 3.21. The molecule has 1 heterocycles. The number of methoxy groups -OCH3 is 1. The molecule has 2 rings (SSSR count). The summed E-state index contributed by atoms with van der Waals surface area (Å²) >= 11 is 1.57. The van der Waals surface area contributed by atoms with Crippen molar-refractivity contribution < 1.29 is 9.53 Å². The molecule has 5 nitrogen and oxygen atoms in total. The quantitative estimate of drug-likeness (QED) is 0.872. The highest BCUT2D eigenvalue weighted by molar-refractivity contribution is 7.09. The van der Waals surface area contributed by atoms with Crippen LogP contribution in [0.15, 0.2) is 5.38 Å². The van der Waals surface area contributed by atoms with Crippen LogP contribution in [0.1, 0.15) is 42.9 Å². The minimum Gasteiger partial charge on any atom is -0.376 e. The number of nitrogens with one attached hydrogen (secondary N) is 2. The first kappa shape index (κ1) is 14.3. The highest BCUT2D eigenvalue weighted by Gasteiger charge is 2.37. The fourth-order valence-corrected chi connectivity index (χ4v) is 2.95. The molecular weight excluding hydrogens is 262 g/mol. The Kier molecular flexibility index (Phi) is 4.42. The molecule has 0 aliphatic heterocycles. The molecule has 1 atom stereocenters. The molecule has 0 saturated heterocycles. The van der Waals surface area contributed by atoms with Crippen LogP contribution in [0, 0.1) is 6.92 Å². The third kappa shape index (κ3) is 3.45. The number of carbonyl (C=O) groups excluding carboxylic acids is 1. The summed E-state index contributed by atoms with van der Waals surface area (Å²) in [5.74, 6) is 0. The SMILES string of the molecule is COC1(CNC(=O)N[C@@H](C)c2nc(C)cs2)CCC1. The van der Waals surface area contributed by atoms with Gasteiger partial charge in [-0.2, -0.15) is 0 Å². The zero-order chi connectivity index (χ0) is 13.9. The van der Waals surface area contributed by atoms with Gasteiger partial charge in [0.1, 0.15) is 5.01 Å². The second kappa shape index (κ2) is 5.88. The van der Waals surface area contributed by atoms with Crippen LogP contribution in [0.3, 0.4) is 0 Å². The lowest BCUT2D eigenvalue weighted by atomic mass is 9.80. The number of rotatable bonds is 5. The molecule has 1 fully saturated rings. The van der Waals surface area contributed by atoms with Gasteiger partial charge in [-0.15, -0.1) is 11.3 Å². The standard InChI is InChI=1S/C13H21N3O2S/c1-9-7-19-11(15-9)10(2)16-12(17)14-8-13(18-3)5-4-6-13/h7,10H,4-6,8H2,1-3H3,(H2,14,16,17)/t10-/m0/s1. The Balaban J connectivity index is 1.78. The third-order valence-corrected chi connectivity index (χ3v) is 4.77. The van der Waals surface area contributed by atoms with Crippen molar-refractivity contribution in [2.24, 2.45) is 0 Å². The largest absolute Gasteiger partial charge is 0.376 e. The second-order valence-corrected chi connectivity index (χ2v) is 6.01. The number of aromatic nitrogens is 1. The van der Waals surface area contributed by atoms with E-state index in [1.165, 1.54) is 6.42 Å². The fourth-order valence-electron chi connectivity index (χ4n) is 2.15. The average molecular weight is 283 g/mol. The van der Waals surface area contributed by atoms with E-state index in [9.17, 15) is 4.79 Å². The van der Waals surface area contributed by atoms with E-state index in [0.717, 1.165) is 23.5 Å². The Labute approximate surface area is 117 Å². The summed E-state index contributed by atoms with van der Waals surface area (Å²) in [4.78, 5) is 16.2. The molecule has 0 aromatic carbocycles. The summed E-state index contributed by atoms with van der Waals surface area (Å²) in [5, 5.41) is 8.70. The lowest BCUT2D eigenvalue weighted by Crippen LogP contribution is -2.51. The van der Waals surface area contributed by atoms with Gasteiger partial charge in [0.25, 0.3) is 0 Å². The van der Waals surface area contributed by atoms with Crippen molar-refractivity contribution in [3.63, 3.8) is 0 Å². The first-order valence-electron chi connectivity index (χ1n) is 6.56. The fraction of sp³-hybridized carbons (Fsp3) is 0.692. The predicted octanol–water partition coefficient (Wildman–Crippen LogP) is 2.38. The maximum absolute atomic E-state index is 11.8. The summed E-state index contributed by atoms with van der Waals surface area (Å²) in [6, 6.07) is -0.234. The molecule has 2 amide bonds. The molecule has 1 aliphatic carbocycles. The number of ether oxygens (including phenoxy) is 1. The van der Waals surface area contributed by atoms with Crippen molar-refractivity contribution in [1.82, 2.24) is 15.6 Å². The van der Waals surface area contributed by atoms with Crippen molar-refractivity contribution in [3.8, 4) is 0 Å². The van der Waals surface area contributed by atoms with E-state index in [0.29, 0.717) is 6.54 Å². The maximum atomic E-state index is 11.8. The van der Waals surface area contributed by atoms with E-state index in [1.54, 1.807) is 18.4 Å². The van der Waals surface area contributed by atoms with Crippen molar-refractivity contribution in [1.29, 1.82) is 0 Å². The molecule has 2 N–H and O–H groups in total. The molecule has 1 saturated carbocycles. The molecule has 1 aromatic heterocycles. The van der Waals surface area contributed by atoms with Gasteiger partial charge < -0.3 is 15.4 Å². The Morgan fingerprint density at radius 2 is 2.37 bits per heavy atom. The highest BCUT2D eigenvalue weighted by Crippen LogP contribution is 2.34. The van der Waals surface area contributed by atoms with Gasteiger partial charge in [-0.1, -0.05) is 0 Å². The van der Waals surface area contributed by atoms with E-state index in [-0.39, 0.29) is 17.7 Å². The van der Waals surface area contributed by atoms with E-state index in [4.69, 9.17) is 4.74 Å². The number of nitrogens with zero attached hydrogens (tertiary/aromatic N) is 1. The van der Waals surface area contributed by atoms with Crippen LogP contribution in [-0.4, -0.2) is 30.3 Å². The average Bonchev–Trinajstić information content (AvgIpc) is 2.75. The number of aryl methyl sites for hydroxylation is 1. The summed E-state index contributed by atoms with van der Waals surface area (Å²) in [6.45, 7) is 4.46. The minimum atomic E-state index is -0.163. The monoisotopic (exact) mass is 283 g/mol. The molecule has 6 heteroatoms. The molecule has 106 valence electrons. The second-order valence-electron chi connectivity index (χ2n) is 5.12. The predicted molar refractivity (Wildman–Crippen MR) is 75.4 cm³/mol. The first-order valence-corrected chi connectivity index (χ1v) is 7.44. The number of hydrogen-bond donors (Lipinski definition) is 2. The van der Waals surface area contributed by atoms with Gasteiger partial charge in [0.15, 0.2) is 0 Å². The van der Waals surface area contributed by atoms with Gasteiger partial charge in [-0.05, 0) is 33.1 Å². The number of thiazole rings is 1.